The molecule has 0 saturated heterocycles. The molecular weight excluding hydrogens is 200 g/mol. The number of hydrogen-bond donors (Lipinski definition) is 1. The van der Waals surface area contributed by atoms with Gasteiger partial charge in [-0.3, -0.25) is 0 Å². The van der Waals surface area contributed by atoms with Gasteiger partial charge in [-0.1, -0.05) is 51.1 Å². The van der Waals surface area contributed by atoms with Crippen molar-refractivity contribution in [3.05, 3.63) is 41.5 Å². The molecule has 0 saturated carbocycles. The van der Waals surface area contributed by atoms with Gasteiger partial charge in [-0.2, -0.15) is 0 Å². The van der Waals surface area contributed by atoms with E-state index >= 15 is 0 Å². The smallest absolute Gasteiger partial charge is 0.128 e. The summed E-state index contributed by atoms with van der Waals surface area (Å²) in [6.45, 7) is 6.23. The number of benzene rings is 1. The summed E-state index contributed by atoms with van der Waals surface area (Å²) < 4.78 is 5.44. The molecule has 0 aromatic heterocycles. The molecular formula is C14H20O2. The largest absolute Gasteiger partial charge is 0.496 e. The van der Waals surface area contributed by atoms with Gasteiger partial charge in [0.1, 0.15) is 5.76 Å². The average Bonchev–Trinajstić information content (AvgIpc) is 2.25. The highest BCUT2D eigenvalue weighted by molar-refractivity contribution is 5.64. The molecule has 1 aromatic carbocycles. The van der Waals surface area contributed by atoms with Crippen LogP contribution in [0.25, 0.3) is 5.76 Å². The molecule has 16 heavy (non-hydrogen) atoms. The summed E-state index contributed by atoms with van der Waals surface area (Å²) >= 11 is 0. The highest BCUT2D eigenvalue weighted by Crippen LogP contribution is 2.32. The monoisotopic (exact) mass is 220 g/mol. The highest BCUT2D eigenvalue weighted by atomic mass is 16.5. The van der Waals surface area contributed by atoms with E-state index in [1.807, 2.05) is 30.3 Å². The Morgan fingerprint density at radius 3 is 2.12 bits per heavy atom. The first kappa shape index (κ1) is 12.8. The third kappa shape index (κ3) is 2.86. The van der Waals surface area contributed by atoms with Gasteiger partial charge in [-0.25, -0.2) is 0 Å². The lowest BCUT2D eigenvalue weighted by Crippen LogP contribution is -2.15. The first-order valence-corrected chi connectivity index (χ1v) is 5.44. The molecule has 0 fully saturated rings. The van der Waals surface area contributed by atoms with E-state index in [1.165, 1.54) is 0 Å². The molecule has 0 spiro atoms. The van der Waals surface area contributed by atoms with Crippen molar-refractivity contribution in [3.63, 3.8) is 0 Å². The van der Waals surface area contributed by atoms with Crippen LogP contribution in [-0.4, -0.2) is 18.8 Å². The molecule has 1 rings (SSSR count). The minimum absolute atomic E-state index is 0.0154. The van der Waals surface area contributed by atoms with Gasteiger partial charge in [-0.15, -0.1) is 0 Å². The predicted molar refractivity (Wildman–Crippen MR) is 66.9 cm³/mol. The Morgan fingerprint density at radius 2 is 1.75 bits per heavy atom. The maximum atomic E-state index is 9.49. The zero-order chi connectivity index (χ0) is 12.2. The van der Waals surface area contributed by atoms with Gasteiger partial charge in [0.15, 0.2) is 0 Å². The van der Waals surface area contributed by atoms with Crippen molar-refractivity contribution in [2.45, 2.75) is 20.8 Å². The van der Waals surface area contributed by atoms with Crippen molar-refractivity contribution in [2.75, 3.05) is 13.7 Å². The van der Waals surface area contributed by atoms with E-state index in [4.69, 9.17) is 4.74 Å². The normalized spacial score (nSPS) is 13.3. The number of methoxy groups -OCH3 is 1. The molecule has 0 aliphatic heterocycles. The molecule has 0 aliphatic carbocycles. The topological polar surface area (TPSA) is 29.5 Å². The maximum Gasteiger partial charge on any atom is 0.128 e. The van der Waals surface area contributed by atoms with Crippen LogP contribution < -0.4 is 0 Å². The van der Waals surface area contributed by atoms with Crippen LogP contribution in [-0.2, 0) is 4.74 Å². The molecule has 0 bridgehead atoms. The highest BCUT2D eigenvalue weighted by Gasteiger charge is 2.22. The lowest BCUT2D eigenvalue weighted by atomic mass is 9.85. The second kappa shape index (κ2) is 5.17. The zero-order valence-corrected chi connectivity index (χ0v) is 10.4. The van der Waals surface area contributed by atoms with Crippen LogP contribution in [0.5, 0.6) is 0 Å². The fourth-order valence-corrected chi connectivity index (χ4v) is 1.65. The van der Waals surface area contributed by atoms with E-state index in [0.29, 0.717) is 0 Å². The molecule has 1 N–H and O–H groups in total. The van der Waals surface area contributed by atoms with Crippen molar-refractivity contribution in [1.29, 1.82) is 0 Å². The average molecular weight is 220 g/mol. The van der Waals surface area contributed by atoms with E-state index in [-0.39, 0.29) is 12.0 Å². The summed E-state index contributed by atoms with van der Waals surface area (Å²) in [6, 6.07) is 9.87. The standard InChI is InChI=1S/C14H20O2/c1-14(2,3)12(10-15)13(16-4)11-8-6-5-7-9-11/h5-9,15H,10H2,1-4H3/b13-12+. The van der Waals surface area contributed by atoms with E-state index < -0.39 is 0 Å². The summed E-state index contributed by atoms with van der Waals surface area (Å²) in [4.78, 5) is 0. The fourth-order valence-electron chi connectivity index (χ4n) is 1.65. The van der Waals surface area contributed by atoms with Gasteiger partial charge in [-0.05, 0) is 5.41 Å². The molecule has 0 aliphatic rings. The van der Waals surface area contributed by atoms with Crippen LogP contribution in [0, 0.1) is 5.41 Å². The Kier molecular flexibility index (Phi) is 4.13. The Balaban J connectivity index is 3.28. The molecule has 1 aromatic rings. The molecule has 0 unspecified atom stereocenters. The minimum Gasteiger partial charge on any atom is -0.496 e. The molecule has 0 radical (unpaired) electrons. The van der Waals surface area contributed by atoms with Crippen LogP contribution in [0.2, 0.25) is 0 Å². The Bertz CT molecular complexity index is 358. The third-order valence-corrected chi connectivity index (χ3v) is 2.58. The zero-order valence-electron chi connectivity index (χ0n) is 10.4. The van der Waals surface area contributed by atoms with Crippen LogP contribution in [0.15, 0.2) is 35.9 Å². The first-order valence-electron chi connectivity index (χ1n) is 5.44. The van der Waals surface area contributed by atoms with Gasteiger partial charge in [0.2, 0.25) is 0 Å². The fraction of sp³-hybridized carbons (Fsp3) is 0.429. The van der Waals surface area contributed by atoms with Gasteiger partial charge in [0.25, 0.3) is 0 Å². The Morgan fingerprint density at radius 1 is 1.19 bits per heavy atom. The molecule has 2 nitrogen and oxygen atoms in total. The minimum atomic E-state index is -0.101. The molecule has 0 atom stereocenters. The summed E-state index contributed by atoms with van der Waals surface area (Å²) in [5.41, 5.74) is 1.82. The Labute approximate surface area is 97.6 Å². The molecule has 2 heteroatoms. The van der Waals surface area contributed by atoms with Crippen molar-refractivity contribution < 1.29 is 9.84 Å². The van der Waals surface area contributed by atoms with E-state index in [9.17, 15) is 5.11 Å². The van der Waals surface area contributed by atoms with Gasteiger partial charge >= 0.3 is 0 Å². The molecule has 0 amide bonds. The lowest BCUT2D eigenvalue weighted by Gasteiger charge is -2.24. The van der Waals surface area contributed by atoms with Crippen molar-refractivity contribution >= 4 is 5.76 Å². The number of aliphatic hydroxyl groups excluding tert-OH is 1. The summed E-state index contributed by atoms with van der Waals surface area (Å²) in [7, 11) is 1.64. The lowest BCUT2D eigenvalue weighted by molar-refractivity contribution is 0.280. The van der Waals surface area contributed by atoms with Crippen molar-refractivity contribution in [3.8, 4) is 0 Å². The van der Waals surface area contributed by atoms with Crippen LogP contribution >= 0.6 is 0 Å². The molecule has 0 heterocycles. The quantitative estimate of drug-likeness (QED) is 0.793. The SMILES string of the molecule is CO/C(=C(\CO)C(C)(C)C)c1ccccc1. The summed E-state index contributed by atoms with van der Waals surface area (Å²) in [6.07, 6.45) is 0. The summed E-state index contributed by atoms with van der Waals surface area (Å²) in [5.74, 6) is 0.774. The number of hydrogen-bond acceptors (Lipinski definition) is 2. The van der Waals surface area contributed by atoms with Gasteiger partial charge in [0.05, 0.1) is 13.7 Å². The second-order valence-electron chi connectivity index (χ2n) is 4.79. The number of rotatable bonds is 3. The summed E-state index contributed by atoms with van der Waals surface area (Å²) in [5, 5.41) is 9.49. The van der Waals surface area contributed by atoms with Crippen molar-refractivity contribution in [1.82, 2.24) is 0 Å². The second-order valence-corrected chi connectivity index (χ2v) is 4.79. The van der Waals surface area contributed by atoms with Gasteiger partial charge < -0.3 is 9.84 Å². The first-order chi connectivity index (χ1) is 7.50. The maximum absolute atomic E-state index is 9.49. The van der Waals surface area contributed by atoms with Crippen LogP contribution in [0.4, 0.5) is 0 Å². The van der Waals surface area contributed by atoms with E-state index in [2.05, 4.69) is 20.8 Å². The van der Waals surface area contributed by atoms with Crippen LogP contribution in [0.3, 0.4) is 0 Å². The van der Waals surface area contributed by atoms with E-state index in [0.717, 1.165) is 16.9 Å². The predicted octanol–water partition coefficient (Wildman–Crippen LogP) is 3.08. The van der Waals surface area contributed by atoms with Crippen LogP contribution in [0.1, 0.15) is 26.3 Å². The third-order valence-electron chi connectivity index (χ3n) is 2.58. The molecule has 88 valence electrons. The van der Waals surface area contributed by atoms with Crippen molar-refractivity contribution in [2.24, 2.45) is 5.41 Å². The van der Waals surface area contributed by atoms with E-state index in [1.54, 1.807) is 7.11 Å². The number of ether oxygens (including phenoxy) is 1. The van der Waals surface area contributed by atoms with Gasteiger partial charge in [0, 0.05) is 11.1 Å². The number of aliphatic hydroxyl groups is 1. The Hall–Kier alpha value is -1.28.